The molecule has 1 aliphatic rings. The van der Waals surface area contributed by atoms with Crippen LogP contribution in [-0.2, 0) is 5.41 Å². The summed E-state index contributed by atoms with van der Waals surface area (Å²) >= 11 is 6.53. The molecule has 1 saturated heterocycles. The quantitative estimate of drug-likeness (QED) is 0.776. The zero-order valence-electron chi connectivity index (χ0n) is 13.8. The van der Waals surface area contributed by atoms with Crippen molar-refractivity contribution in [3.8, 4) is 0 Å². The van der Waals surface area contributed by atoms with Crippen LogP contribution in [0.1, 0.15) is 31.0 Å². The largest absolute Gasteiger partial charge is 0.392 e. The molecule has 128 valence electrons. The Hall–Kier alpha value is -1.69. The van der Waals surface area contributed by atoms with Gasteiger partial charge in [0.2, 0.25) is 5.95 Å². The summed E-state index contributed by atoms with van der Waals surface area (Å²) in [5.74, 6) is 0.540. The lowest BCUT2D eigenvalue weighted by Gasteiger charge is -2.38. The molecule has 0 radical (unpaired) electrons. The number of benzene rings is 1. The van der Waals surface area contributed by atoms with Crippen molar-refractivity contribution in [2.75, 3.05) is 25.0 Å². The number of aromatic nitrogens is 2. The summed E-state index contributed by atoms with van der Waals surface area (Å²) in [4.78, 5) is 9.01. The smallest absolute Gasteiger partial charge is 0.222 e. The van der Waals surface area contributed by atoms with Gasteiger partial charge in [-0.1, -0.05) is 29.8 Å². The second-order valence-electron chi connectivity index (χ2n) is 6.31. The molecule has 1 aliphatic heterocycles. The van der Waals surface area contributed by atoms with Gasteiger partial charge in [0, 0.05) is 23.2 Å². The summed E-state index contributed by atoms with van der Waals surface area (Å²) in [5.41, 5.74) is 1.88. The maximum atomic E-state index is 9.45. The maximum Gasteiger partial charge on any atom is 0.222 e. The van der Waals surface area contributed by atoms with Gasteiger partial charge in [0.05, 0.1) is 11.8 Å². The number of hydrogen-bond donors (Lipinski definition) is 3. The van der Waals surface area contributed by atoms with Crippen molar-refractivity contribution in [3.05, 3.63) is 52.8 Å². The SMILES string of the molecule is C[C@H](O)CNc1nccc(C2(c3ccccc3Cl)CCNCC2)n1. The average molecular weight is 347 g/mol. The Kier molecular flexibility index (Phi) is 5.33. The monoisotopic (exact) mass is 346 g/mol. The molecule has 0 unspecified atom stereocenters. The summed E-state index contributed by atoms with van der Waals surface area (Å²) < 4.78 is 0. The molecule has 0 bridgehead atoms. The number of aliphatic hydroxyl groups excluding tert-OH is 1. The van der Waals surface area contributed by atoms with Gasteiger partial charge in [-0.25, -0.2) is 9.97 Å². The molecule has 1 atom stereocenters. The second kappa shape index (κ2) is 7.47. The molecular weight excluding hydrogens is 324 g/mol. The molecule has 1 aromatic carbocycles. The molecule has 1 aromatic heterocycles. The summed E-state index contributed by atoms with van der Waals surface area (Å²) in [5, 5.41) is 16.7. The Labute approximate surface area is 147 Å². The first-order valence-corrected chi connectivity index (χ1v) is 8.71. The van der Waals surface area contributed by atoms with Gasteiger partial charge in [0.1, 0.15) is 0 Å². The van der Waals surface area contributed by atoms with Gasteiger partial charge in [-0.2, -0.15) is 0 Å². The van der Waals surface area contributed by atoms with E-state index in [4.69, 9.17) is 16.6 Å². The van der Waals surface area contributed by atoms with Crippen LogP contribution in [0.4, 0.5) is 5.95 Å². The van der Waals surface area contributed by atoms with Crippen molar-refractivity contribution >= 4 is 17.5 Å². The molecule has 0 aliphatic carbocycles. The van der Waals surface area contributed by atoms with E-state index in [1.165, 1.54) is 0 Å². The molecule has 2 aromatic rings. The van der Waals surface area contributed by atoms with E-state index in [1.54, 1.807) is 13.1 Å². The standard InChI is InChI=1S/C18H23ClN4O/c1-13(24)12-22-17-21-9-6-16(23-17)18(7-10-20-11-8-18)14-4-2-3-5-15(14)19/h2-6,9,13,20,24H,7-8,10-12H2,1H3,(H,21,22,23)/t13-/m0/s1. The highest BCUT2D eigenvalue weighted by Crippen LogP contribution is 2.42. The molecule has 3 N–H and O–H groups in total. The van der Waals surface area contributed by atoms with Gasteiger partial charge in [0.15, 0.2) is 0 Å². The van der Waals surface area contributed by atoms with Crippen LogP contribution in [0.5, 0.6) is 0 Å². The zero-order valence-corrected chi connectivity index (χ0v) is 14.6. The first-order valence-electron chi connectivity index (χ1n) is 8.33. The van der Waals surface area contributed by atoms with Crippen LogP contribution in [0, 0.1) is 0 Å². The van der Waals surface area contributed by atoms with E-state index in [0.717, 1.165) is 42.2 Å². The minimum Gasteiger partial charge on any atom is -0.392 e. The third-order valence-corrected chi connectivity index (χ3v) is 4.88. The Balaban J connectivity index is 2.01. The number of hydrogen-bond acceptors (Lipinski definition) is 5. The zero-order chi connectivity index (χ0) is 17.0. The van der Waals surface area contributed by atoms with E-state index in [-0.39, 0.29) is 5.41 Å². The lowest BCUT2D eigenvalue weighted by Crippen LogP contribution is -2.41. The van der Waals surface area contributed by atoms with Crippen molar-refractivity contribution < 1.29 is 5.11 Å². The first kappa shape index (κ1) is 17.1. The Morgan fingerprint density at radius 1 is 1.29 bits per heavy atom. The minimum atomic E-state index is -0.450. The normalized spacial score (nSPS) is 18.1. The fourth-order valence-electron chi connectivity index (χ4n) is 3.32. The lowest BCUT2D eigenvalue weighted by atomic mass is 9.70. The minimum absolute atomic E-state index is 0.214. The highest BCUT2D eigenvalue weighted by molar-refractivity contribution is 6.31. The van der Waals surface area contributed by atoms with Crippen LogP contribution in [0.15, 0.2) is 36.5 Å². The molecule has 3 rings (SSSR count). The van der Waals surface area contributed by atoms with Gasteiger partial charge < -0.3 is 15.7 Å². The topological polar surface area (TPSA) is 70.1 Å². The fraction of sp³-hybridized carbons (Fsp3) is 0.444. The van der Waals surface area contributed by atoms with Gasteiger partial charge in [-0.3, -0.25) is 0 Å². The summed E-state index contributed by atoms with van der Waals surface area (Å²) in [6.07, 6.45) is 3.19. The number of halogens is 1. The Bertz CT molecular complexity index is 686. The summed E-state index contributed by atoms with van der Waals surface area (Å²) in [6.45, 7) is 4.00. The van der Waals surface area contributed by atoms with Crippen molar-refractivity contribution in [1.82, 2.24) is 15.3 Å². The van der Waals surface area contributed by atoms with Crippen LogP contribution in [0.2, 0.25) is 5.02 Å². The number of piperidine rings is 1. The van der Waals surface area contributed by atoms with Crippen LogP contribution in [-0.4, -0.2) is 40.8 Å². The molecule has 0 amide bonds. The van der Waals surface area contributed by atoms with Crippen molar-refractivity contribution in [1.29, 1.82) is 0 Å². The molecule has 2 heterocycles. The predicted molar refractivity (Wildman–Crippen MR) is 96.5 cm³/mol. The Morgan fingerprint density at radius 3 is 2.75 bits per heavy atom. The third kappa shape index (κ3) is 3.53. The lowest BCUT2D eigenvalue weighted by molar-refractivity contribution is 0.208. The van der Waals surface area contributed by atoms with Crippen LogP contribution < -0.4 is 10.6 Å². The number of rotatable bonds is 5. The first-order chi connectivity index (χ1) is 11.6. The van der Waals surface area contributed by atoms with Gasteiger partial charge in [-0.05, 0) is 50.6 Å². The van der Waals surface area contributed by atoms with Crippen LogP contribution >= 0.6 is 11.6 Å². The number of nitrogens with zero attached hydrogens (tertiary/aromatic N) is 2. The molecular formula is C18H23ClN4O. The highest BCUT2D eigenvalue weighted by atomic mass is 35.5. The van der Waals surface area contributed by atoms with E-state index < -0.39 is 6.10 Å². The third-order valence-electron chi connectivity index (χ3n) is 4.55. The average Bonchev–Trinajstić information content (AvgIpc) is 2.61. The molecule has 5 nitrogen and oxygen atoms in total. The van der Waals surface area contributed by atoms with E-state index in [9.17, 15) is 5.11 Å². The summed E-state index contributed by atoms with van der Waals surface area (Å²) in [7, 11) is 0. The van der Waals surface area contributed by atoms with E-state index in [2.05, 4.69) is 21.7 Å². The Morgan fingerprint density at radius 2 is 2.04 bits per heavy atom. The fourth-order valence-corrected chi connectivity index (χ4v) is 3.63. The predicted octanol–water partition coefficient (Wildman–Crippen LogP) is 2.59. The van der Waals surface area contributed by atoms with Crippen molar-refractivity contribution in [3.63, 3.8) is 0 Å². The van der Waals surface area contributed by atoms with Crippen molar-refractivity contribution in [2.45, 2.75) is 31.3 Å². The van der Waals surface area contributed by atoms with E-state index >= 15 is 0 Å². The highest BCUT2D eigenvalue weighted by Gasteiger charge is 2.38. The second-order valence-corrected chi connectivity index (χ2v) is 6.71. The molecule has 0 saturated carbocycles. The van der Waals surface area contributed by atoms with Gasteiger partial charge in [0.25, 0.3) is 0 Å². The van der Waals surface area contributed by atoms with Crippen molar-refractivity contribution in [2.24, 2.45) is 0 Å². The molecule has 1 fully saturated rings. The molecule has 0 spiro atoms. The van der Waals surface area contributed by atoms with Gasteiger partial charge >= 0.3 is 0 Å². The van der Waals surface area contributed by atoms with E-state index in [1.807, 2.05) is 24.3 Å². The number of nitrogens with one attached hydrogen (secondary N) is 2. The van der Waals surface area contributed by atoms with E-state index in [0.29, 0.717) is 12.5 Å². The summed E-state index contributed by atoms with van der Waals surface area (Å²) in [6, 6.07) is 9.99. The van der Waals surface area contributed by atoms with Gasteiger partial charge in [-0.15, -0.1) is 0 Å². The van der Waals surface area contributed by atoms with Crippen LogP contribution in [0.3, 0.4) is 0 Å². The molecule has 24 heavy (non-hydrogen) atoms. The maximum absolute atomic E-state index is 9.45. The van der Waals surface area contributed by atoms with Crippen LogP contribution in [0.25, 0.3) is 0 Å². The number of aliphatic hydroxyl groups is 1. The number of anilines is 1. The molecule has 6 heteroatoms.